The van der Waals surface area contributed by atoms with E-state index in [-0.39, 0.29) is 0 Å². The molecule has 2 bridgehead atoms. The van der Waals surface area contributed by atoms with Gasteiger partial charge in [-0.25, -0.2) is 0 Å². The molecule has 1 N–H and O–H groups in total. The smallest absolute Gasteiger partial charge is 0.146 e. The second-order valence-electron chi connectivity index (χ2n) is 5.02. The predicted molar refractivity (Wildman–Crippen MR) is 57.1 cm³/mol. The zero-order valence-electron chi connectivity index (χ0n) is 9.19. The molecule has 1 aromatic rings. The Labute approximate surface area is 90.1 Å². The number of aryl methyl sites for hydroxylation is 1. The van der Waals surface area contributed by atoms with Gasteiger partial charge in [0.1, 0.15) is 12.2 Å². The van der Waals surface area contributed by atoms with Crippen LogP contribution in [0.5, 0.6) is 0 Å². The van der Waals surface area contributed by atoms with Crippen LogP contribution in [0.4, 0.5) is 0 Å². The maximum Gasteiger partial charge on any atom is 0.146 e. The van der Waals surface area contributed by atoms with E-state index in [4.69, 9.17) is 0 Å². The van der Waals surface area contributed by atoms with E-state index in [0.717, 1.165) is 30.2 Å². The quantitative estimate of drug-likeness (QED) is 0.805. The fourth-order valence-electron chi connectivity index (χ4n) is 3.18. The van der Waals surface area contributed by atoms with Crippen LogP contribution in [0.15, 0.2) is 6.33 Å². The van der Waals surface area contributed by atoms with E-state index < -0.39 is 0 Å². The van der Waals surface area contributed by atoms with E-state index in [1.807, 2.05) is 11.6 Å². The highest BCUT2D eigenvalue weighted by atomic mass is 15.3. The van der Waals surface area contributed by atoms with Gasteiger partial charge >= 0.3 is 0 Å². The Kier molecular flexibility index (Phi) is 2.24. The molecule has 0 aromatic carbocycles. The topological polar surface area (TPSA) is 42.7 Å². The number of nitrogens with zero attached hydrogens (tertiary/aromatic N) is 3. The molecular formula is C11H18N4. The maximum absolute atomic E-state index is 4.09. The molecule has 0 aliphatic heterocycles. The first-order chi connectivity index (χ1) is 7.33. The average molecular weight is 206 g/mol. The number of hydrogen-bond donors (Lipinski definition) is 1. The van der Waals surface area contributed by atoms with Crippen molar-refractivity contribution in [2.24, 2.45) is 18.9 Å². The van der Waals surface area contributed by atoms with Gasteiger partial charge in [-0.15, -0.1) is 10.2 Å². The van der Waals surface area contributed by atoms with E-state index >= 15 is 0 Å². The van der Waals surface area contributed by atoms with Gasteiger partial charge in [-0.05, 0) is 31.1 Å². The first kappa shape index (κ1) is 9.33. The van der Waals surface area contributed by atoms with E-state index in [1.165, 1.54) is 25.7 Å². The average Bonchev–Trinajstić information content (AvgIpc) is 2.90. The van der Waals surface area contributed by atoms with Crippen molar-refractivity contribution in [3.8, 4) is 0 Å². The van der Waals surface area contributed by atoms with Crippen LogP contribution < -0.4 is 5.32 Å². The van der Waals surface area contributed by atoms with Crippen molar-refractivity contribution < 1.29 is 0 Å². The SMILES string of the molecule is Cn1cnnc1CNC1CC2CCC1C2. The number of fused-ring (bicyclic) bond motifs is 2. The molecule has 82 valence electrons. The summed E-state index contributed by atoms with van der Waals surface area (Å²) < 4.78 is 1.99. The minimum Gasteiger partial charge on any atom is -0.320 e. The van der Waals surface area contributed by atoms with Gasteiger partial charge < -0.3 is 9.88 Å². The third-order valence-electron chi connectivity index (χ3n) is 4.07. The minimum atomic E-state index is 0.737. The Bertz CT molecular complexity index is 346. The van der Waals surface area contributed by atoms with E-state index in [9.17, 15) is 0 Å². The lowest BCUT2D eigenvalue weighted by atomic mass is 9.95. The molecule has 2 fully saturated rings. The van der Waals surface area contributed by atoms with Crippen molar-refractivity contribution in [1.29, 1.82) is 0 Å². The number of hydrogen-bond acceptors (Lipinski definition) is 3. The summed E-state index contributed by atoms with van der Waals surface area (Å²) in [6, 6.07) is 0.737. The third kappa shape index (κ3) is 1.67. The largest absolute Gasteiger partial charge is 0.320 e. The summed E-state index contributed by atoms with van der Waals surface area (Å²) in [4.78, 5) is 0. The molecule has 0 radical (unpaired) electrons. The van der Waals surface area contributed by atoms with Crippen LogP contribution in [0.25, 0.3) is 0 Å². The summed E-state index contributed by atoms with van der Waals surface area (Å²) in [5.74, 6) is 2.98. The standard InChI is InChI=1S/C11H18N4/c1-15-7-13-14-11(15)6-12-10-5-8-2-3-9(10)4-8/h7-10,12H,2-6H2,1H3. The lowest BCUT2D eigenvalue weighted by Crippen LogP contribution is -2.34. The number of nitrogens with one attached hydrogen (secondary N) is 1. The highest BCUT2D eigenvalue weighted by Gasteiger charge is 2.39. The molecule has 3 atom stereocenters. The third-order valence-corrected chi connectivity index (χ3v) is 4.07. The van der Waals surface area contributed by atoms with E-state index in [2.05, 4.69) is 15.5 Å². The van der Waals surface area contributed by atoms with Gasteiger partial charge in [0.05, 0.1) is 6.54 Å². The van der Waals surface area contributed by atoms with Gasteiger partial charge in [0.15, 0.2) is 0 Å². The first-order valence-electron chi connectivity index (χ1n) is 5.89. The molecule has 2 aliphatic rings. The van der Waals surface area contributed by atoms with Crippen molar-refractivity contribution >= 4 is 0 Å². The summed E-state index contributed by atoms with van der Waals surface area (Å²) in [7, 11) is 2.00. The Morgan fingerprint density at radius 1 is 1.47 bits per heavy atom. The number of aromatic nitrogens is 3. The van der Waals surface area contributed by atoms with Crippen LogP contribution in [0, 0.1) is 11.8 Å². The molecule has 2 saturated carbocycles. The van der Waals surface area contributed by atoms with Crippen molar-refractivity contribution in [3.05, 3.63) is 12.2 Å². The molecule has 0 saturated heterocycles. The predicted octanol–water partition coefficient (Wildman–Crippen LogP) is 1.09. The summed E-state index contributed by atoms with van der Waals surface area (Å²) >= 11 is 0. The Balaban J connectivity index is 1.57. The van der Waals surface area contributed by atoms with Crippen molar-refractivity contribution in [1.82, 2.24) is 20.1 Å². The highest BCUT2D eigenvalue weighted by Crippen LogP contribution is 2.44. The molecule has 3 rings (SSSR count). The Morgan fingerprint density at radius 2 is 2.40 bits per heavy atom. The minimum absolute atomic E-state index is 0.737. The highest BCUT2D eigenvalue weighted by molar-refractivity contribution is 4.95. The second-order valence-corrected chi connectivity index (χ2v) is 5.02. The summed E-state index contributed by atoms with van der Waals surface area (Å²) in [5, 5.41) is 11.6. The van der Waals surface area contributed by atoms with E-state index in [1.54, 1.807) is 6.33 Å². The molecule has 0 spiro atoms. The summed E-state index contributed by atoms with van der Waals surface area (Å²) in [6.07, 6.45) is 7.49. The van der Waals surface area contributed by atoms with Gasteiger partial charge in [0.25, 0.3) is 0 Å². The lowest BCUT2D eigenvalue weighted by molar-refractivity contribution is 0.346. The van der Waals surface area contributed by atoms with Gasteiger partial charge in [0.2, 0.25) is 0 Å². The van der Waals surface area contributed by atoms with Crippen molar-refractivity contribution in [3.63, 3.8) is 0 Å². The van der Waals surface area contributed by atoms with Crippen LogP contribution in [0.2, 0.25) is 0 Å². The monoisotopic (exact) mass is 206 g/mol. The molecule has 4 nitrogen and oxygen atoms in total. The van der Waals surface area contributed by atoms with Gasteiger partial charge in [-0.2, -0.15) is 0 Å². The first-order valence-corrected chi connectivity index (χ1v) is 5.89. The zero-order chi connectivity index (χ0) is 10.3. The van der Waals surface area contributed by atoms with Gasteiger partial charge in [-0.3, -0.25) is 0 Å². The molecule has 0 amide bonds. The molecule has 3 unspecified atom stereocenters. The maximum atomic E-state index is 4.09. The molecule has 1 aromatic heterocycles. The van der Waals surface area contributed by atoms with Gasteiger partial charge in [0, 0.05) is 13.1 Å². The summed E-state index contributed by atoms with van der Waals surface area (Å²) in [5.41, 5.74) is 0. The van der Waals surface area contributed by atoms with E-state index in [0.29, 0.717) is 0 Å². The Hall–Kier alpha value is -0.900. The molecule has 15 heavy (non-hydrogen) atoms. The summed E-state index contributed by atoms with van der Waals surface area (Å²) in [6.45, 7) is 0.865. The fraction of sp³-hybridized carbons (Fsp3) is 0.818. The van der Waals surface area contributed by atoms with Crippen LogP contribution in [0.1, 0.15) is 31.5 Å². The van der Waals surface area contributed by atoms with Gasteiger partial charge in [-0.1, -0.05) is 6.42 Å². The van der Waals surface area contributed by atoms with Crippen LogP contribution in [-0.4, -0.2) is 20.8 Å². The van der Waals surface area contributed by atoms with Crippen LogP contribution in [0.3, 0.4) is 0 Å². The molecule has 4 heteroatoms. The van der Waals surface area contributed by atoms with Crippen molar-refractivity contribution in [2.75, 3.05) is 0 Å². The van der Waals surface area contributed by atoms with Crippen LogP contribution >= 0.6 is 0 Å². The fourth-order valence-corrected chi connectivity index (χ4v) is 3.18. The van der Waals surface area contributed by atoms with Crippen LogP contribution in [-0.2, 0) is 13.6 Å². The Morgan fingerprint density at radius 3 is 3.00 bits per heavy atom. The molecule has 2 aliphatic carbocycles. The number of rotatable bonds is 3. The normalized spacial score (nSPS) is 33.8. The lowest BCUT2D eigenvalue weighted by Gasteiger charge is -2.22. The van der Waals surface area contributed by atoms with Crippen molar-refractivity contribution in [2.45, 2.75) is 38.3 Å². The molecule has 1 heterocycles. The molecular weight excluding hydrogens is 188 g/mol. The second kappa shape index (κ2) is 3.59. The zero-order valence-corrected chi connectivity index (χ0v) is 9.19.